The molecule has 7 heteroatoms. The summed E-state index contributed by atoms with van der Waals surface area (Å²) in [6.07, 6.45) is 1.42. The molecule has 1 aromatic carbocycles. The van der Waals surface area contributed by atoms with Crippen molar-refractivity contribution in [3.05, 3.63) is 53.3 Å². The average Bonchev–Trinajstić information content (AvgIpc) is 2.64. The summed E-state index contributed by atoms with van der Waals surface area (Å²) in [5, 5.41) is 2.68. The summed E-state index contributed by atoms with van der Waals surface area (Å²) in [5.41, 5.74) is 1.93. The van der Waals surface area contributed by atoms with Crippen LogP contribution in [0.15, 0.2) is 36.5 Å². The van der Waals surface area contributed by atoms with Gasteiger partial charge in [0.1, 0.15) is 0 Å². The largest absolute Gasteiger partial charge is 0.493 e. The predicted octanol–water partition coefficient (Wildman–Crippen LogP) is 1.88. The molecule has 132 valence electrons. The van der Waals surface area contributed by atoms with Crippen molar-refractivity contribution in [2.45, 2.75) is 13.5 Å². The number of carbonyl (C=O) groups excluding carboxylic acids is 2. The van der Waals surface area contributed by atoms with Crippen molar-refractivity contribution in [1.29, 1.82) is 0 Å². The minimum atomic E-state index is -0.589. The van der Waals surface area contributed by atoms with E-state index in [1.54, 1.807) is 38.5 Å². The Hall–Kier alpha value is -3.09. The molecule has 1 amide bonds. The van der Waals surface area contributed by atoms with E-state index in [0.717, 1.165) is 11.3 Å². The summed E-state index contributed by atoms with van der Waals surface area (Å²) in [4.78, 5) is 27.7. The highest BCUT2D eigenvalue weighted by atomic mass is 16.5. The maximum Gasteiger partial charge on any atom is 0.340 e. The number of ether oxygens (including phenoxy) is 3. The Morgan fingerprint density at radius 1 is 1.08 bits per heavy atom. The van der Waals surface area contributed by atoms with Gasteiger partial charge in [-0.05, 0) is 36.8 Å². The first-order valence-electron chi connectivity index (χ1n) is 7.61. The van der Waals surface area contributed by atoms with Crippen molar-refractivity contribution >= 4 is 11.9 Å². The van der Waals surface area contributed by atoms with Gasteiger partial charge in [-0.25, -0.2) is 4.79 Å². The topological polar surface area (TPSA) is 86.8 Å². The molecule has 0 saturated carbocycles. The van der Waals surface area contributed by atoms with Crippen molar-refractivity contribution in [3.8, 4) is 11.5 Å². The van der Waals surface area contributed by atoms with E-state index in [4.69, 9.17) is 14.2 Å². The smallest absolute Gasteiger partial charge is 0.340 e. The molecule has 0 aliphatic rings. The lowest BCUT2D eigenvalue weighted by Crippen LogP contribution is -2.28. The Morgan fingerprint density at radius 3 is 2.48 bits per heavy atom. The van der Waals surface area contributed by atoms with Crippen LogP contribution in [0.3, 0.4) is 0 Å². The number of aryl methyl sites for hydroxylation is 1. The van der Waals surface area contributed by atoms with E-state index in [2.05, 4.69) is 10.3 Å². The summed E-state index contributed by atoms with van der Waals surface area (Å²) in [6.45, 7) is 1.74. The number of aromatic nitrogens is 1. The highest BCUT2D eigenvalue weighted by Crippen LogP contribution is 2.27. The van der Waals surface area contributed by atoms with Gasteiger partial charge in [-0.3, -0.25) is 9.78 Å². The predicted molar refractivity (Wildman–Crippen MR) is 90.6 cm³/mol. The fraction of sp³-hybridized carbons (Fsp3) is 0.278. The first-order chi connectivity index (χ1) is 12.0. The van der Waals surface area contributed by atoms with Crippen molar-refractivity contribution < 1.29 is 23.8 Å². The lowest BCUT2D eigenvalue weighted by molar-refractivity contribution is -0.124. The summed E-state index contributed by atoms with van der Waals surface area (Å²) in [7, 11) is 3.09. The van der Waals surface area contributed by atoms with Gasteiger partial charge in [0.05, 0.1) is 19.8 Å². The number of nitrogens with zero attached hydrogens (tertiary/aromatic N) is 1. The molecule has 0 spiro atoms. The van der Waals surface area contributed by atoms with Crippen LogP contribution in [0.5, 0.6) is 11.5 Å². The van der Waals surface area contributed by atoms with Gasteiger partial charge < -0.3 is 19.5 Å². The van der Waals surface area contributed by atoms with Crippen LogP contribution in [0, 0.1) is 6.92 Å². The molecule has 0 atom stereocenters. The van der Waals surface area contributed by atoms with Crippen molar-refractivity contribution in [2.24, 2.45) is 0 Å². The van der Waals surface area contributed by atoms with Crippen molar-refractivity contribution in [1.82, 2.24) is 10.3 Å². The highest BCUT2D eigenvalue weighted by molar-refractivity contribution is 5.91. The van der Waals surface area contributed by atoms with Crippen LogP contribution in [-0.4, -0.2) is 37.7 Å². The zero-order chi connectivity index (χ0) is 18.2. The van der Waals surface area contributed by atoms with Crippen molar-refractivity contribution in [3.63, 3.8) is 0 Å². The molecule has 7 nitrogen and oxygen atoms in total. The first kappa shape index (κ1) is 18.3. The minimum absolute atomic E-state index is 0.281. The molecule has 0 radical (unpaired) electrons. The Balaban J connectivity index is 1.82. The summed E-state index contributed by atoms with van der Waals surface area (Å²) >= 11 is 0. The van der Waals surface area contributed by atoms with E-state index in [9.17, 15) is 9.59 Å². The molecule has 0 fully saturated rings. The van der Waals surface area contributed by atoms with Crippen molar-refractivity contribution in [2.75, 3.05) is 20.8 Å². The molecule has 0 saturated heterocycles. The van der Waals surface area contributed by atoms with Gasteiger partial charge >= 0.3 is 5.97 Å². The maximum absolute atomic E-state index is 11.8. The lowest BCUT2D eigenvalue weighted by Gasteiger charge is -2.10. The molecule has 1 heterocycles. The van der Waals surface area contributed by atoms with Crippen LogP contribution >= 0.6 is 0 Å². The van der Waals surface area contributed by atoms with Gasteiger partial charge in [-0.2, -0.15) is 0 Å². The van der Waals surface area contributed by atoms with Gasteiger partial charge in [0.2, 0.25) is 0 Å². The van der Waals surface area contributed by atoms with Gasteiger partial charge in [0.25, 0.3) is 5.91 Å². The van der Waals surface area contributed by atoms with Gasteiger partial charge in [-0.15, -0.1) is 0 Å². The number of pyridine rings is 1. The number of hydrogen-bond donors (Lipinski definition) is 1. The zero-order valence-corrected chi connectivity index (χ0v) is 14.4. The Morgan fingerprint density at radius 2 is 1.84 bits per heavy atom. The first-order valence-corrected chi connectivity index (χ1v) is 7.61. The van der Waals surface area contributed by atoms with E-state index in [1.165, 1.54) is 6.20 Å². The fourth-order valence-corrected chi connectivity index (χ4v) is 2.05. The van der Waals surface area contributed by atoms with E-state index in [0.29, 0.717) is 17.1 Å². The highest BCUT2D eigenvalue weighted by Gasteiger charge is 2.11. The molecule has 1 aromatic heterocycles. The Bertz CT molecular complexity index is 744. The van der Waals surface area contributed by atoms with Crippen LogP contribution in [-0.2, 0) is 16.1 Å². The third kappa shape index (κ3) is 5.20. The number of hydrogen-bond acceptors (Lipinski definition) is 6. The number of benzene rings is 1. The number of carbonyl (C=O) groups is 2. The minimum Gasteiger partial charge on any atom is -0.493 e. The van der Waals surface area contributed by atoms with Crippen LogP contribution in [0.25, 0.3) is 0 Å². The Kier molecular flexibility index (Phi) is 6.33. The summed E-state index contributed by atoms with van der Waals surface area (Å²) in [6, 6.07) is 8.64. The fourth-order valence-electron chi connectivity index (χ4n) is 2.05. The molecular weight excluding hydrogens is 324 g/mol. The third-order valence-electron chi connectivity index (χ3n) is 3.42. The van der Waals surface area contributed by atoms with Crippen LogP contribution in [0.4, 0.5) is 0 Å². The van der Waals surface area contributed by atoms with Crippen LogP contribution in [0.2, 0.25) is 0 Å². The second-order valence-electron chi connectivity index (χ2n) is 5.23. The Labute approximate surface area is 145 Å². The molecule has 25 heavy (non-hydrogen) atoms. The van der Waals surface area contributed by atoms with Gasteiger partial charge in [0, 0.05) is 18.4 Å². The average molecular weight is 344 g/mol. The molecule has 0 aliphatic carbocycles. The zero-order valence-electron chi connectivity index (χ0n) is 14.4. The maximum atomic E-state index is 11.8. The van der Waals surface area contributed by atoms with E-state index in [-0.39, 0.29) is 13.2 Å². The lowest BCUT2D eigenvalue weighted by atomic mass is 10.2. The van der Waals surface area contributed by atoms with Gasteiger partial charge in [-0.1, -0.05) is 6.07 Å². The molecule has 2 rings (SSSR count). The van der Waals surface area contributed by atoms with Crippen LogP contribution in [0.1, 0.15) is 21.6 Å². The molecular formula is C18H20N2O5. The van der Waals surface area contributed by atoms with Crippen LogP contribution < -0.4 is 14.8 Å². The molecule has 0 bridgehead atoms. The van der Waals surface area contributed by atoms with Gasteiger partial charge in [0.15, 0.2) is 18.1 Å². The second kappa shape index (κ2) is 8.68. The van der Waals surface area contributed by atoms with E-state index in [1.807, 2.05) is 13.0 Å². The number of nitrogens with one attached hydrogen (secondary N) is 1. The number of amides is 1. The number of rotatable bonds is 7. The van der Waals surface area contributed by atoms with E-state index < -0.39 is 11.9 Å². The summed E-state index contributed by atoms with van der Waals surface area (Å²) in [5.74, 6) is 0.197. The second-order valence-corrected chi connectivity index (χ2v) is 5.23. The SMILES string of the molecule is COc1ccc(CNC(=O)COC(=O)c2ccc(C)nc2)cc1OC. The molecule has 2 aromatic rings. The third-order valence-corrected chi connectivity index (χ3v) is 3.42. The number of esters is 1. The molecule has 1 N–H and O–H groups in total. The standard InChI is InChI=1S/C18H20N2O5/c1-12-4-6-14(10-19-12)18(22)25-11-17(21)20-9-13-5-7-15(23-2)16(8-13)24-3/h4-8,10H,9,11H2,1-3H3,(H,20,21). The monoisotopic (exact) mass is 344 g/mol. The molecule has 0 aliphatic heterocycles. The normalized spacial score (nSPS) is 10.0. The molecule has 0 unspecified atom stereocenters. The van der Waals surface area contributed by atoms with E-state index >= 15 is 0 Å². The quantitative estimate of drug-likeness (QED) is 0.772. The summed E-state index contributed by atoms with van der Waals surface area (Å²) < 4.78 is 15.3. The number of methoxy groups -OCH3 is 2.